The van der Waals surface area contributed by atoms with E-state index in [2.05, 4.69) is 15.3 Å². The minimum Gasteiger partial charge on any atom is -0.475 e. The molecule has 1 amide bonds. The molecule has 0 fully saturated rings. The molecule has 0 radical (unpaired) electrons. The summed E-state index contributed by atoms with van der Waals surface area (Å²) in [6.07, 6.45) is -12.7. The van der Waals surface area contributed by atoms with Crippen LogP contribution < -0.4 is 10.1 Å². The molecule has 9 nitrogen and oxygen atoms in total. The van der Waals surface area contributed by atoms with Gasteiger partial charge in [0.1, 0.15) is 5.69 Å². The van der Waals surface area contributed by atoms with Crippen LogP contribution in [0.2, 0.25) is 0 Å². The first-order valence-corrected chi connectivity index (χ1v) is 10.0. The number of ether oxygens (including phenoxy) is 1. The van der Waals surface area contributed by atoms with Gasteiger partial charge in [0.15, 0.2) is 11.6 Å². The molecule has 0 saturated carbocycles. The van der Waals surface area contributed by atoms with E-state index in [9.17, 15) is 48.7 Å². The van der Waals surface area contributed by atoms with Crippen molar-refractivity contribution in [1.82, 2.24) is 9.97 Å². The molecule has 3 rings (SSSR count). The second-order valence-corrected chi connectivity index (χ2v) is 6.91. The zero-order valence-corrected chi connectivity index (χ0v) is 19.5. The molecular weight excluding hydrogens is 592 g/mol. The summed E-state index contributed by atoms with van der Waals surface area (Å²) in [6.45, 7) is 0. The highest BCUT2D eigenvalue weighted by Crippen LogP contribution is 2.31. The monoisotopic (exact) mass is 605 g/mol. The van der Waals surface area contributed by atoms with E-state index in [0.717, 1.165) is 18.2 Å². The molecule has 2 aromatic heterocycles. The number of carbonyl (C=O) groups excluding carboxylic acids is 1. The minimum absolute atomic E-state index is 0.159. The average Bonchev–Trinajstić information content (AvgIpc) is 2.85. The van der Waals surface area contributed by atoms with E-state index in [4.69, 9.17) is 24.5 Å². The largest absolute Gasteiger partial charge is 0.490 e. The Bertz CT molecular complexity index is 1310. The Morgan fingerprint density at radius 3 is 1.73 bits per heavy atom. The molecule has 0 bridgehead atoms. The molecule has 2 heterocycles. The number of pyridine rings is 2. The maximum Gasteiger partial charge on any atom is 0.490 e. The lowest BCUT2D eigenvalue weighted by atomic mass is 10.2. The molecule has 0 saturated heterocycles. The molecule has 0 unspecified atom stereocenters. The van der Waals surface area contributed by atoms with Crippen LogP contribution in [0.3, 0.4) is 0 Å². The predicted molar refractivity (Wildman–Crippen MR) is 115 cm³/mol. The normalized spacial score (nSPS) is 11.2. The van der Waals surface area contributed by atoms with Gasteiger partial charge in [-0.05, 0) is 30.3 Å². The van der Waals surface area contributed by atoms with E-state index < -0.39 is 47.8 Å². The second-order valence-electron chi connectivity index (χ2n) is 6.91. The fraction of sp³-hybridized carbons (Fsp3) is 0.136. The molecule has 19 heteroatoms. The van der Waals surface area contributed by atoms with E-state index in [-0.39, 0.29) is 23.0 Å². The summed E-state index contributed by atoms with van der Waals surface area (Å²) in [4.78, 5) is 37.2. The maximum absolute atomic E-state index is 14.2. The van der Waals surface area contributed by atoms with Gasteiger partial charge in [-0.3, -0.25) is 9.78 Å². The number of nitrogens with one attached hydrogen (secondary N) is 1. The minimum atomic E-state index is -5.08. The Hall–Kier alpha value is -4.97. The number of carboxylic acids is 2. The van der Waals surface area contributed by atoms with Crippen LogP contribution in [0.25, 0.3) is 0 Å². The summed E-state index contributed by atoms with van der Waals surface area (Å²) < 4.78 is 120. The summed E-state index contributed by atoms with van der Waals surface area (Å²) >= 11 is 0. The number of anilines is 1. The van der Waals surface area contributed by atoms with Crippen LogP contribution in [0.4, 0.5) is 49.6 Å². The number of aliphatic carboxylic acids is 2. The molecule has 0 atom stereocenters. The van der Waals surface area contributed by atoms with E-state index in [1.165, 1.54) is 24.4 Å². The van der Waals surface area contributed by atoms with Crippen molar-refractivity contribution in [2.45, 2.75) is 18.5 Å². The van der Waals surface area contributed by atoms with Crippen LogP contribution in [0.15, 0.2) is 60.9 Å². The molecule has 3 aromatic rings. The summed E-state index contributed by atoms with van der Waals surface area (Å²) in [5.74, 6) is -7.31. The number of hydrogen-bond acceptors (Lipinski definition) is 6. The van der Waals surface area contributed by atoms with Crippen LogP contribution in [0.5, 0.6) is 11.6 Å². The van der Waals surface area contributed by atoms with Crippen molar-refractivity contribution < 1.29 is 73.2 Å². The summed E-state index contributed by atoms with van der Waals surface area (Å²) in [7, 11) is 0. The Balaban J connectivity index is 0.000000497. The second kappa shape index (κ2) is 13.9. The first-order chi connectivity index (χ1) is 18.7. The molecule has 41 heavy (non-hydrogen) atoms. The third kappa shape index (κ3) is 12.2. The van der Waals surface area contributed by atoms with Gasteiger partial charge in [-0.15, -0.1) is 0 Å². The lowest BCUT2D eigenvalue weighted by Gasteiger charge is -2.10. The van der Waals surface area contributed by atoms with Crippen LogP contribution in [-0.4, -0.2) is 50.4 Å². The number of aromatic nitrogens is 2. The highest BCUT2D eigenvalue weighted by Gasteiger charge is 2.39. The van der Waals surface area contributed by atoms with Gasteiger partial charge >= 0.3 is 30.5 Å². The lowest BCUT2D eigenvalue weighted by Crippen LogP contribution is -2.21. The molecule has 0 aliphatic carbocycles. The highest BCUT2D eigenvalue weighted by atomic mass is 19.4. The van der Waals surface area contributed by atoms with Gasteiger partial charge in [-0.1, -0.05) is 6.07 Å². The van der Waals surface area contributed by atoms with Crippen LogP contribution in [0.1, 0.15) is 16.1 Å². The van der Waals surface area contributed by atoms with Crippen molar-refractivity contribution in [3.05, 3.63) is 78.0 Å². The SMILES string of the molecule is O=C(Nc1ccc(Oc2ccc(C(F)(F)F)cn2)c(F)c1)c1ccccn1.O=C(O)C(F)(F)F.O=C(O)C(F)(F)F. The van der Waals surface area contributed by atoms with E-state index >= 15 is 0 Å². The number of alkyl halides is 9. The van der Waals surface area contributed by atoms with Gasteiger partial charge in [-0.2, -0.15) is 39.5 Å². The highest BCUT2D eigenvalue weighted by molar-refractivity contribution is 6.02. The van der Waals surface area contributed by atoms with Crippen molar-refractivity contribution in [1.29, 1.82) is 0 Å². The summed E-state index contributed by atoms with van der Waals surface area (Å²) in [5.41, 5.74) is -0.619. The van der Waals surface area contributed by atoms with Gasteiger partial charge in [-0.25, -0.2) is 19.0 Å². The zero-order chi connectivity index (χ0) is 31.6. The number of amides is 1. The third-order valence-corrected chi connectivity index (χ3v) is 3.85. The molecule has 0 aliphatic rings. The van der Waals surface area contributed by atoms with Crippen LogP contribution in [-0.2, 0) is 15.8 Å². The Labute approximate surface area is 221 Å². The fourth-order valence-electron chi connectivity index (χ4n) is 2.07. The first-order valence-electron chi connectivity index (χ1n) is 10.0. The number of carboxylic acid groups (broad SMARTS) is 2. The number of hydrogen-bond donors (Lipinski definition) is 3. The van der Waals surface area contributed by atoms with Crippen molar-refractivity contribution in [3.8, 4) is 11.6 Å². The number of rotatable bonds is 4. The topological polar surface area (TPSA) is 139 Å². The standard InChI is InChI=1S/C18H11F4N3O2.2C2HF3O2/c19-13-9-12(25-17(26)14-3-1-2-8-23-14)5-6-15(13)27-16-7-4-11(10-24-16)18(20,21)22;2*3-2(4,5)1(6)7/h1-10H,(H,25,26);2*(H,6,7). The van der Waals surface area contributed by atoms with Gasteiger partial charge in [0.25, 0.3) is 5.91 Å². The number of carbonyl (C=O) groups is 3. The van der Waals surface area contributed by atoms with Crippen molar-refractivity contribution in [2.24, 2.45) is 0 Å². The third-order valence-electron chi connectivity index (χ3n) is 3.85. The molecule has 0 aliphatic heterocycles. The molecule has 222 valence electrons. The quantitative estimate of drug-likeness (QED) is 0.311. The van der Waals surface area contributed by atoms with Crippen molar-refractivity contribution in [3.63, 3.8) is 0 Å². The van der Waals surface area contributed by atoms with Crippen LogP contribution in [0, 0.1) is 5.82 Å². The predicted octanol–water partition coefficient (Wildman–Crippen LogP) is 5.95. The lowest BCUT2D eigenvalue weighted by molar-refractivity contribution is -0.193. The Morgan fingerprint density at radius 1 is 0.780 bits per heavy atom. The maximum atomic E-state index is 14.2. The van der Waals surface area contributed by atoms with E-state index in [1.807, 2.05) is 0 Å². The van der Waals surface area contributed by atoms with E-state index in [1.54, 1.807) is 12.1 Å². The summed E-state index contributed by atoms with van der Waals surface area (Å²) in [6, 6.07) is 10.2. The molecular formula is C22H13F10N3O6. The van der Waals surface area contributed by atoms with Gasteiger partial charge in [0.05, 0.1) is 5.56 Å². The smallest absolute Gasteiger partial charge is 0.475 e. The molecule has 1 aromatic carbocycles. The fourth-order valence-corrected chi connectivity index (χ4v) is 2.07. The number of halogens is 10. The Kier molecular flexibility index (Phi) is 11.5. The number of benzene rings is 1. The molecule has 3 N–H and O–H groups in total. The van der Waals surface area contributed by atoms with Gasteiger partial charge in [0, 0.05) is 30.2 Å². The van der Waals surface area contributed by atoms with Gasteiger partial charge in [0.2, 0.25) is 5.88 Å². The first kappa shape index (κ1) is 34.1. The summed E-state index contributed by atoms with van der Waals surface area (Å²) in [5, 5.41) is 16.7. The Morgan fingerprint density at radius 2 is 1.34 bits per heavy atom. The molecule has 0 spiro atoms. The van der Waals surface area contributed by atoms with Gasteiger partial charge < -0.3 is 20.3 Å². The van der Waals surface area contributed by atoms with Crippen molar-refractivity contribution in [2.75, 3.05) is 5.32 Å². The van der Waals surface area contributed by atoms with Crippen LogP contribution >= 0.6 is 0 Å². The number of nitrogens with zero attached hydrogens (tertiary/aromatic N) is 2. The van der Waals surface area contributed by atoms with Crippen molar-refractivity contribution >= 4 is 23.5 Å². The zero-order valence-electron chi connectivity index (χ0n) is 19.5. The average molecular weight is 605 g/mol. The van der Waals surface area contributed by atoms with E-state index in [0.29, 0.717) is 6.20 Å².